The highest BCUT2D eigenvalue weighted by atomic mass is 35.5. The molecule has 2 heterocycles. The molecule has 3 amide bonds. The van der Waals surface area contributed by atoms with Crippen molar-refractivity contribution in [3.05, 3.63) is 59.1 Å². The van der Waals surface area contributed by atoms with E-state index in [2.05, 4.69) is 5.32 Å². The second-order valence-corrected chi connectivity index (χ2v) is 10.2. The number of anilines is 2. The van der Waals surface area contributed by atoms with Gasteiger partial charge in [-0.05, 0) is 42.3 Å². The zero-order chi connectivity index (χ0) is 21.5. The predicted molar refractivity (Wildman–Crippen MR) is 117 cm³/mol. The van der Waals surface area contributed by atoms with E-state index in [1.165, 1.54) is 9.80 Å². The number of fused-ring (bicyclic) bond motifs is 1. The molecule has 2 fully saturated rings. The maximum atomic E-state index is 13.2. The Balaban J connectivity index is 1.57. The van der Waals surface area contributed by atoms with Crippen molar-refractivity contribution in [3.8, 4) is 0 Å². The molecular formula is C21H22ClN3O4S. The Labute approximate surface area is 180 Å². The van der Waals surface area contributed by atoms with E-state index in [9.17, 15) is 18.0 Å². The normalized spacial score (nSPS) is 22.3. The largest absolute Gasteiger partial charge is 0.325 e. The molecule has 0 unspecified atom stereocenters. The number of carbonyl (C=O) groups is 2. The Hall–Kier alpha value is -2.58. The third kappa shape index (κ3) is 4.02. The van der Waals surface area contributed by atoms with Crippen molar-refractivity contribution >= 4 is 44.8 Å². The van der Waals surface area contributed by atoms with Gasteiger partial charge in [-0.15, -0.1) is 0 Å². The summed E-state index contributed by atoms with van der Waals surface area (Å²) >= 11 is 5.95. The predicted octanol–water partition coefficient (Wildman–Crippen LogP) is 2.95. The first kappa shape index (κ1) is 20.7. The van der Waals surface area contributed by atoms with Crippen LogP contribution in [0.25, 0.3) is 0 Å². The van der Waals surface area contributed by atoms with Crippen molar-refractivity contribution in [1.82, 2.24) is 4.90 Å². The maximum Gasteiger partial charge on any atom is 0.325 e. The Bertz CT molecular complexity index is 1090. The van der Waals surface area contributed by atoms with Crippen LogP contribution in [-0.2, 0) is 21.1 Å². The minimum absolute atomic E-state index is 0.106. The van der Waals surface area contributed by atoms with Crippen LogP contribution in [0.2, 0.25) is 5.02 Å². The summed E-state index contributed by atoms with van der Waals surface area (Å²) in [6.07, 6.45) is 0.866. The first-order chi connectivity index (χ1) is 14.3. The molecule has 4 rings (SSSR count). The number of hydrogen-bond acceptors (Lipinski definition) is 4. The SMILES string of the molecule is CCc1ccc(N2C(=O)N(CC(=O)Nc3cccc(Cl)c3)[C@H]3CS(=O)(=O)C[C@H]32)cc1. The van der Waals surface area contributed by atoms with Crippen LogP contribution in [0.3, 0.4) is 0 Å². The lowest BCUT2D eigenvalue weighted by Crippen LogP contribution is -2.42. The summed E-state index contributed by atoms with van der Waals surface area (Å²) < 4.78 is 24.6. The highest BCUT2D eigenvalue weighted by molar-refractivity contribution is 7.91. The first-order valence-electron chi connectivity index (χ1n) is 9.72. The van der Waals surface area contributed by atoms with E-state index in [0.717, 1.165) is 12.0 Å². The van der Waals surface area contributed by atoms with E-state index >= 15 is 0 Å². The summed E-state index contributed by atoms with van der Waals surface area (Å²) in [5.74, 6) is -0.653. The third-order valence-electron chi connectivity index (χ3n) is 5.52. The van der Waals surface area contributed by atoms with Crippen LogP contribution in [0.5, 0.6) is 0 Å². The Kier molecular flexibility index (Phi) is 5.46. The third-order valence-corrected chi connectivity index (χ3v) is 7.46. The van der Waals surface area contributed by atoms with Gasteiger partial charge in [0, 0.05) is 16.4 Å². The number of nitrogens with zero attached hydrogens (tertiary/aromatic N) is 2. The lowest BCUT2D eigenvalue weighted by Gasteiger charge is -2.22. The molecule has 0 bridgehead atoms. The quantitative estimate of drug-likeness (QED) is 0.714. The van der Waals surface area contributed by atoms with Gasteiger partial charge in [-0.3, -0.25) is 9.69 Å². The molecule has 0 radical (unpaired) electrons. The second kappa shape index (κ2) is 7.92. The fourth-order valence-electron chi connectivity index (χ4n) is 4.08. The zero-order valence-electron chi connectivity index (χ0n) is 16.4. The number of halogens is 1. The van der Waals surface area contributed by atoms with Crippen LogP contribution >= 0.6 is 11.6 Å². The van der Waals surface area contributed by atoms with Gasteiger partial charge in [-0.1, -0.05) is 36.7 Å². The summed E-state index contributed by atoms with van der Waals surface area (Å²) in [6, 6.07) is 12.8. The van der Waals surface area contributed by atoms with Gasteiger partial charge in [-0.2, -0.15) is 0 Å². The molecule has 2 aromatic carbocycles. The molecule has 1 N–H and O–H groups in total. The summed E-state index contributed by atoms with van der Waals surface area (Å²) in [7, 11) is -3.30. The van der Waals surface area contributed by atoms with Crippen LogP contribution in [0.1, 0.15) is 12.5 Å². The monoisotopic (exact) mass is 447 g/mol. The van der Waals surface area contributed by atoms with E-state index in [1.807, 2.05) is 31.2 Å². The summed E-state index contributed by atoms with van der Waals surface area (Å²) in [4.78, 5) is 28.6. The van der Waals surface area contributed by atoms with Gasteiger partial charge >= 0.3 is 6.03 Å². The molecule has 0 spiro atoms. The van der Waals surface area contributed by atoms with Gasteiger partial charge in [0.05, 0.1) is 23.6 Å². The zero-order valence-corrected chi connectivity index (χ0v) is 18.0. The number of rotatable bonds is 5. The molecule has 0 saturated carbocycles. The van der Waals surface area contributed by atoms with Crippen molar-refractivity contribution < 1.29 is 18.0 Å². The van der Waals surface area contributed by atoms with Gasteiger partial charge in [0.15, 0.2) is 9.84 Å². The van der Waals surface area contributed by atoms with Crippen molar-refractivity contribution in [1.29, 1.82) is 0 Å². The lowest BCUT2D eigenvalue weighted by molar-refractivity contribution is -0.116. The number of amides is 3. The summed E-state index contributed by atoms with van der Waals surface area (Å²) in [6.45, 7) is 1.81. The fourth-order valence-corrected chi connectivity index (χ4v) is 6.22. The molecule has 2 saturated heterocycles. The number of carbonyl (C=O) groups excluding carboxylic acids is 2. The molecule has 30 heavy (non-hydrogen) atoms. The van der Waals surface area contributed by atoms with Gasteiger partial charge in [0.2, 0.25) is 5.91 Å². The minimum Gasteiger partial charge on any atom is -0.324 e. The number of aryl methyl sites for hydroxylation is 1. The van der Waals surface area contributed by atoms with E-state index in [0.29, 0.717) is 16.4 Å². The van der Waals surface area contributed by atoms with Crippen LogP contribution < -0.4 is 10.2 Å². The van der Waals surface area contributed by atoms with Crippen LogP contribution in [-0.4, -0.2) is 55.4 Å². The van der Waals surface area contributed by atoms with Crippen LogP contribution in [0.4, 0.5) is 16.2 Å². The number of sulfone groups is 1. The standard InChI is InChI=1S/C21H22ClN3O4S/c1-2-14-6-8-17(9-7-14)25-19-13-30(28,29)12-18(19)24(21(25)27)11-20(26)23-16-5-3-4-15(22)10-16/h3-10,18-19H,2,11-13H2,1H3,(H,23,26)/t18-,19+/m0/s1. The Morgan fingerprint density at radius 3 is 2.50 bits per heavy atom. The van der Waals surface area contributed by atoms with E-state index < -0.39 is 27.8 Å². The number of urea groups is 1. The average Bonchev–Trinajstić information content (AvgIpc) is 3.12. The molecular weight excluding hydrogens is 426 g/mol. The Morgan fingerprint density at radius 2 is 1.83 bits per heavy atom. The van der Waals surface area contributed by atoms with Gasteiger partial charge in [-0.25, -0.2) is 13.2 Å². The van der Waals surface area contributed by atoms with Crippen molar-refractivity contribution in [2.75, 3.05) is 28.3 Å². The van der Waals surface area contributed by atoms with Gasteiger partial charge in [0.1, 0.15) is 6.54 Å². The van der Waals surface area contributed by atoms with Crippen molar-refractivity contribution in [2.45, 2.75) is 25.4 Å². The molecule has 9 heteroatoms. The lowest BCUT2D eigenvalue weighted by atomic mass is 10.1. The molecule has 0 aliphatic carbocycles. The van der Waals surface area contributed by atoms with Crippen LogP contribution in [0.15, 0.2) is 48.5 Å². The number of benzene rings is 2. The maximum absolute atomic E-state index is 13.2. The van der Waals surface area contributed by atoms with Crippen molar-refractivity contribution in [2.24, 2.45) is 0 Å². The highest BCUT2D eigenvalue weighted by Gasteiger charge is 2.54. The number of hydrogen-bond donors (Lipinski definition) is 1. The summed E-state index contributed by atoms with van der Waals surface area (Å²) in [5, 5.41) is 3.20. The molecule has 0 aromatic heterocycles. The van der Waals surface area contributed by atoms with Gasteiger partial charge < -0.3 is 10.2 Å². The second-order valence-electron chi connectivity index (χ2n) is 7.57. The first-order valence-corrected chi connectivity index (χ1v) is 11.9. The highest BCUT2D eigenvalue weighted by Crippen LogP contribution is 2.35. The van der Waals surface area contributed by atoms with Gasteiger partial charge in [0.25, 0.3) is 0 Å². The topological polar surface area (TPSA) is 86.8 Å². The fraction of sp³-hybridized carbons (Fsp3) is 0.333. The molecule has 158 valence electrons. The van der Waals surface area contributed by atoms with E-state index in [-0.39, 0.29) is 24.1 Å². The summed E-state index contributed by atoms with van der Waals surface area (Å²) in [5.41, 5.74) is 2.28. The molecule has 2 atom stereocenters. The van der Waals surface area contributed by atoms with Crippen molar-refractivity contribution in [3.63, 3.8) is 0 Å². The smallest absolute Gasteiger partial charge is 0.324 e. The molecule has 2 aromatic rings. The van der Waals surface area contributed by atoms with Crippen LogP contribution in [0, 0.1) is 0 Å². The van der Waals surface area contributed by atoms with E-state index in [1.54, 1.807) is 24.3 Å². The molecule has 7 nitrogen and oxygen atoms in total. The average molecular weight is 448 g/mol. The van der Waals surface area contributed by atoms with E-state index in [4.69, 9.17) is 11.6 Å². The Morgan fingerprint density at radius 1 is 1.13 bits per heavy atom. The molecule has 2 aliphatic heterocycles. The minimum atomic E-state index is -3.30. The molecule has 2 aliphatic rings. The number of nitrogens with one attached hydrogen (secondary N) is 1.